The van der Waals surface area contributed by atoms with Crippen molar-refractivity contribution in [2.45, 2.75) is 51.4 Å². The molecule has 112 valence electrons. The average Bonchev–Trinajstić information content (AvgIpc) is 2.77. The van der Waals surface area contributed by atoms with Gasteiger partial charge in [0, 0.05) is 17.9 Å². The number of nitrogens with one attached hydrogen (secondary N) is 1. The summed E-state index contributed by atoms with van der Waals surface area (Å²) in [6, 6.07) is -0.347. The molecule has 1 atom stereocenters. The highest BCUT2D eigenvalue weighted by atomic mass is 32.2. The number of carboxylic acids is 1. The van der Waals surface area contributed by atoms with E-state index < -0.39 is 12.0 Å². The number of amides is 1. The molecule has 0 saturated carbocycles. The highest BCUT2D eigenvalue weighted by molar-refractivity contribution is 7.99. The summed E-state index contributed by atoms with van der Waals surface area (Å²) in [5.74, 6) is -1.06. The zero-order chi connectivity index (χ0) is 15.3. The van der Waals surface area contributed by atoms with Gasteiger partial charge in [-0.25, -0.2) is 4.98 Å². The number of hydrogen-bond donors (Lipinski definition) is 2. The van der Waals surface area contributed by atoms with Crippen molar-refractivity contribution in [3.8, 4) is 0 Å². The predicted octanol–water partition coefficient (Wildman–Crippen LogP) is 1.71. The summed E-state index contributed by atoms with van der Waals surface area (Å²) >= 11 is 1.13. The molecule has 7 heteroatoms. The first-order valence-corrected chi connectivity index (χ1v) is 7.56. The van der Waals surface area contributed by atoms with Crippen LogP contribution in [0, 0.1) is 0 Å². The molecule has 0 aliphatic heterocycles. The molecule has 1 aromatic rings. The third-order valence-electron chi connectivity index (χ3n) is 2.72. The number of rotatable bonds is 7. The van der Waals surface area contributed by atoms with Crippen LogP contribution in [-0.2, 0) is 16.0 Å². The smallest absolute Gasteiger partial charge is 0.313 e. The molecule has 0 radical (unpaired) electrons. The number of aliphatic carboxylic acids is 1. The third-order valence-corrected chi connectivity index (χ3v) is 3.68. The molecule has 0 aliphatic carbocycles. The monoisotopic (exact) mass is 299 g/mol. The zero-order valence-corrected chi connectivity index (χ0v) is 13.0. The van der Waals surface area contributed by atoms with Crippen LogP contribution >= 0.6 is 11.8 Å². The van der Waals surface area contributed by atoms with Crippen molar-refractivity contribution in [2.24, 2.45) is 0 Å². The normalized spacial score (nSPS) is 12.4. The molecule has 1 aromatic heterocycles. The van der Waals surface area contributed by atoms with Gasteiger partial charge in [-0.2, -0.15) is 0 Å². The Labute approximate surface area is 123 Å². The predicted molar refractivity (Wildman–Crippen MR) is 78.0 cm³/mol. The van der Waals surface area contributed by atoms with Crippen LogP contribution in [0.2, 0.25) is 0 Å². The summed E-state index contributed by atoms with van der Waals surface area (Å²) in [5.41, 5.74) is 0.921. The SMILES string of the molecule is CCc1cnc(SCC(=O)O)n1C(C)C(=O)NC(C)C. The molecule has 1 amide bonds. The van der Waals surface area contributed by atoms with Gasteiger partial charge in [-0.1, -0.05) is 18.7 Å². The third kappa shape index (κ3) is 4.26. The van der Waals surface area contributed by atoms with Gasteiger partial charge in [0.15, 0.2) is 5.16 Å². The first-order chi connectivity index (χ1) is 9.36. The first kappa shape index (κ1) is 16.6. The van der Waals surface area contributed by atoms with Gasteiger partial charge in [-0.05, 0) is 27.2 Å². The number of thioether (sulfide) groups is 1. The second kappa shape index (κ2) is 7.33. The molecule has 1 rings (SSSR count). The molecule has 0 saturated heterocycles. The van der Waals surface area contributed by atoms with Crippen molar-refractivity contribution in [1.29, 1.82) is 0 Å². The molecule has 6 nitrogen and oxygen atoms in total. The number of aromatic nitrogens is 2. The van der Waals surface area contributed by atoms with Gasteiger partial charge in [0.25, 0.3) is 0 Å². The molecular weight excluding hydrogens is 278 g/mol. The molecule has 1 unspecified atom stereocenters. The number of nitrogens with zero attached hydrogens (tertiary/aromatic N) is 2. The van der Waals surface area contributed by atoms with Crippen molar-refractivity contribution < 1.29 is 14.7 Å². The van der Waals surface area contributed by atoms with Crippen LogP contribution in [0.15, 0.2) is 11.4 Å². The molecule has 20 heavy (non-hydrogen) atoms. The summed E-state index contributed by atoms with van der Waals surface area (Å²) in [6.07, 6.45) is 2.43. The molecule has 0 aliphatic rings. The second-order valence-electron chi connectivity index (χ2n) is 4.78. The van der Waals surface area contributed by atoms with Crippen molar-refractivity contribution >= 4 is 23.6 Å². The van der Waals surface area contributed by atoms with Gasteiger partial charge in [-0.15, -0.1) is 0 Å². The number of carbonyl (C=O) groups is 2. The standard InChI is InChI=1S/C13H21N3O3S/c1-5-10-6-14-13(20-7-11(17)18)16(10)9(4)12(19)15-8(2)3/h6,8-9H,5,7H2,1-4H3,(H,15,19)(H,17,18). The fourth-order valence-electron chi connectivity index (χ4n) is 1.81. The molecule has 2 N–H and O–H groups in total. The Kier molecular flexibility index (Phi) is 6.06. The highest BCUT2D eigenvalue weighted by Gasteiger charge is 2.22. The number of hydrogen-bond acceptors (Lipinski definition) is 4. The van der Waals surface area contributed by atoms with Crippen LogP contribution in [0.4, 0.5) is 0 Å². The van der Waals surface area contributed by atoms with E-state index in [0.717, 1.165) is 23.9 Å². The Bertz CT molecular complexity index is 485. The fourth-order valence-corrected chi connectivity index (χ4v) is 2.60. The summed E-state index contributed by atoms with van der Waals surface area (Å²) in [4.78, 5) is 27.0. The average molecular weight is 299 g/mol. The number of imidazole rings is 1. The Morgan fingerprint density at radius 3 is 2.60 bits per heavy atom. The van der Waals surface area contributed by atoms with E-state index in [9.17, 15) is 9.59 Å². The lowest BCUT2D eigenvalue weighted by Gasteiger charge is -2.19. The molecular formula is C13H21N3O3S. The minimum Gasteiger partial charge on any atom is -0.481 e. The Balaban J connectivity index is 2.97. The largest absolute Gasteiger partial charge is 0.481 e. The maximum Gasteiger partial charge on any atom is 0.313 e. The van der Waals surface area contributed by atoms with Crippen molar-refractivity contribution in [3.63, 3.8) is 0 Å². The summed E-state index contributed by atoms with van der Waals surface area (Å²) < 4.78 is 1.81. The van der Waals surface area contributed by atoms with Crippen molar-refractivity contribution in [3.05, 3.63) is 11.9 Å². The summed E-state index contributed by atoms with van der Waals surface area (Å²) in [5, 5.41) is 12.2. The molecule has 0 bridgehead atoms. The zero-order valence-electron chi connectivity index (χ0n) is 12.2. The maximum atomic E-state index is 12.1. The lowest BCUT2D eigenvalue weighted by Crippen LogP contribution is -2.36. The van der Waals surface area contributed by atoms with Crippen LogP contribution < -0.4 is 5.32 Å². The molecule has 0 spiro atoms. The minimum atomic E-state index is -0.901. The minimum absolute atomic E-state index is 0.0636. The maximum absolute atomic E-state index is 12.1. The van der Waals surface area contributed by atoms with Gasteiger partial charge >= 0.3 is 5.97 Å². The van der Waals surface area contributed by atoms with E-state index in [1.165, 1.54) is 0 Å². The van der Waals surface area contributed by atoms with E-state index in [2.05, 4.69) is 10.3 Å². The first-order valence-electron chi connectivity index (χ1n) is 6.57. The molecule has 1 heterocycles. The lowest BCUT2D eigenvalue weighted by molar-refractivity contribution is -0.134. The van der Waals surface area contributed by atoms with E-state index in [1.54, 1.807) is 13.1 Å². The van der Waals surface area contributed by atoms with Crippen LogP contribution in [0.3, 0.4) is 0 Å². The van der Waals surface area contributed by atoms with E-state index >= 15 is 0 Å². The second-order valence-corrected chi connectivity index (χ2v) is 5.72. The highest BCUT2D eigenvalue weighted by Crippen LogP contribution is 2.23. The molecule has 0 aromatic carbocycles. The molecule has 0 fully saturated rings. The van der Waals surface area contributed by atoms with Crippen LogP contribution in [0.1, 0.15) is 39.4 Å². The topological polar surface area (TPSA) is 84.2 Å². The van der Waals surface area contributed by atoms with E-state index in [-0.39, 0.29) is 17.7 Å². The lowest BCUT2D eigenvalue weighted by atomic mass is 10.2. The number of aryl methyl sites for hydroxylation is 1. The van der Waals surface area contributed by atoms with E-state index in [0.29, 0.717) is 5.16 Å². The van der Waals surface area contributed by atoms with Gasteiger partial charge in [0.05, 0.1) is 5.75 Å². The Hall–Kier alpha value is -1.50. The van der Waals surface area contributed by atoms with Crippen LogP contribution in [0.25, 0.3) is 0 Å². The van der Waals surface area contributed by atoms with Crippen LogP contribution in [0.5, 0.6) is 0 Å². The number of carboxylic acid groups (broad SMARTS) is 1. The summed E-state index contributed by atoms with van der Waals surface area (Å²) in [6.45, 7) is 7.58. The van der Waals surface area contributed by atoms with E-state index in [1.807, 2.05) is 25.3 Å². The van der Waals surface area contributed by atoms with Gasteiger partial charge < -0.3 is 15.0 Å². The van der Waals surface area contributed by atoms with Crippen molar-refractivity contribution in [1.82, 2.24) is 14.9 Å². The quantitative estimate of drug-likeness (QED) is 0.749. The van der Waals surface area contributed by atoms with Crippen LogP contribution in [-0.4, -0.2) is 38.3 Å². The Morgan fingerprint density at radius 2 is 2.10 bits per heavy atom. The van der Waals surface area contributed by atoms with Crippen molar-refractivity contribution in [2.75, 3.05) is 5.75 Å². The number of carbonyl (C=O) groups excluding carboxylic acids is 1. The van der Waals surface area contributed by atoms with Gasteiger partial charge in [0.1, 0.15) is 6.04 Å². The fraction of sp³-hybridized carbons (Fsp3) is 0.615. The Morgan fingerprint density at radius 1 is 1.45 bits per heavy atom. The van der Waals surface area contributed by atoms with Gasteiger partial charge in [-0.3, -0.25) is 9.59 Å². The summed E-state index contributed by atoms with van der Waals surface area (Å²) in [7, 11) is 0. The van der Waals surface area contributed by atoms with E-state index in [4.69, 9.17) is 5.11 Å². The van der Waals surface area contributed by atoms with Gasteiger partial charge in [0.2, 0.25) is 5.91 Å².